The Morgan fingerprint density at radius 2 is 1.97 bits per heavy atom. The van der Waals surface area contributed by atoms with Gasteiger partial charge in [-0.15, -0.1) is 0 Å². The van der Waals surface area contributed by atoms with Crippen molar-refractivity contribution in [3.63, 3.8) is 0 Å². The van der Waals surface area contributed by atoms with Crippen molar-refractivity contribution >= 4 is 0 Å². The zero-order valence-corrected chi connectivity index (χ0v) is 19.0. The molecule has 0 fully saturated rings. The van der Waals surface area contributed by atoms with E-state index in [0.29, 0.717) is 23.2 Å². The SMILES string of the molecule is CC(C)c1cccc2c1CCC[C@@H]2Cn1cnc(-c2cc(-c3n[nH]nc3C(F)(F)F)ccn2)c1. The molecule has 0 radical (unpaired) electrons. The van der Waals surface area contributed by atoms with Crippen LogP contribution in [0.15, 0.2) is 49.1 Å². The lowest BCUT2D eigenvalue weighted by Gasteiger charge is -2.28. The number of hydrogen-bond acceptors (Lipinski definition) is 4. The summed E-state index contributed by atoms with van der Waals surface area (Å²) < 4.78 is 41.8. The van der Waals surface area contributed by atoms with Gasteiger partial charge in [0.05, 0.1) is 12.0 Å². The average Bonchev–Trinajstić information content (AvgIpc) is 3.49. The van der Waals surface area contributed by atoms with Gasteiger partial charge in [0.1, 0.15) is 11.4 Å². The minimum absolute atomic E-state index is 0.254. The number of halogens is 3. The summed E-state index contributed by atoms with van der Waals surface area (Å²) in [5.74, 6) is 0.891. The Bertz CT molecular complexity index is 1300. The zero-order valence-electron chi connectivity index (χ0n) is 19.0. The van der Waals surface area contributed by atoms with Crippen molar-refractivity contribution in [3.05, 3.63) is 71.4 Å². The monoisotopic (exact) mass is 466 g/mol. The molecular weight excluding hydrogens is 441 g/mol. The van der Waals surface area contributed by atoms with Crippen LogP contribution in [0.1, 0.15) is 60.9 Å². The van der Waals surface area contributed by atoms with Gasteiger partial charge < -0.3 is 4.57 Å². The van der Waals surface area contributed by atoms with Crippen LogP contribution < -0.4 is 0 Å². The Balaban J connectivity index is 1.40. The highest BCUT2D eigenvalue weighted by Crippen LogP contribution is 2.37. The number of imidazole rings is 1. The molecule has 1 aliphatic carbocycles. The molecule has 6 nitrogen and oxygen atoms in total. The molecule has 0 amide bonds. The molecule has 0 saturated carbocycles. The molecule has 0 spiro atoms. The predicted octanol–water partition coefficient (Wildman–Crippen LogP) is 5.99. The number of hydrogen-bond donors (Lipinski definition) is 1. The number of aromatic amines is 1. The maximum atomic E-state index is 13.2. The van der Waals surface area contributed by atoms with Gasteiger partial charge in [0.15, 0.2) is 5.69 Å². The maximum absolute atomic E-state index is 13.2. The summed E-state index contributed by atoms with van der Waals surface area (Å²) >= 11 is 0. The predicted molar refractivity (Wildman–Crippen MR) is 122 cm³/mol. The standard InChI is InChI=1S/C25H25F3N6/c1-15(2)18-6-4-7-19-17(5-3-8-20(18)19)12-34-13-22(30-14-34)21-11-16(9-10-29-21)23-24(25(26,27)28)32-33-31-23/h4,6-7,9-11,13-15,17H,3,5,8,12H2,1-2H3,(H,31,32,33)/t17-/m1/s1. The van der Waals surface area contributed by atoms with E-state index in [9.17, 15) is 13.2 Å². The van der Waals surface area contributed by atoms with Gasteiger partial charge in [0.25, 0.3) is 0 Å². The number of nitrogens with zero attached hydrogens (tertiary/aromatic N) is 5. The van der Waals surface area contributed by atoms with Crippen molar-refractivity contribution in [3.8, 4) is 22.6 Å². The quantitative estimate of drug-likeness (QED) is 0.392. The molecule has 9 heteroatoms. The van der Waals surface area contributed by atoms with Gasteiger partial charge in [-0.2, -0.15) is 28.6 Å². The number of rotatable bonds is 5. The highest BCUT2D eigenvalue weighted by atomic mass is 19.4. The highest BCUT2D eigenvalue weighted by molar-refractivity contribution is 5.67. The normalized spacial score (nSPS) is 16.1. The van der Waals surface area contributed by atoms with E-state index >= 15 is 0 Å². The molecule has 0 saturated heterocycles. The summed E-state index contributed by atoms with van der Waals surface area (Å²) in [6, 6.07) is 9.67. The Labute approximate surface area is 195 Å². The van der Waals surface area contributed by atoms with Crippen LogP contribution in [-0.2, 0) is 19.1 Å². The number of alkyl halides is 3. The van der Waals surface area contributed by atoms with E-state index in [2.05, 4.69) is 57.4 Å². The molecule has 3 aromatic heterocycles. The summed E-state index contributed by atoms with van der Waals surface area (Å²) in [4.78, 5) is 8.80. The van der Waals surface area contributed by atoms with Gasteiger partial charge in [-0.3, -0.25) is 4.98 Å². The second-order valence-electron chi connectivity index (χ2n) is 9.06. The Kier molecular flexibility index (Phi) is 5.71. The van der Waals surface area contributed by atoms with Crippen molar-refractivity contribution in [1.82, 2.24) is 29.9 Å². The Hall–Kier alpha value is -3.49. The van der Waals surface area contributed by atoms with Crippen LogP contribution in [-0.4, -0.2) is 29.9 Å². The number of H-pyrrole nitrogens is 1. The lowest BCUT2D eigenvalue weighted by molar-refractivity contribution is -0.140. The fourth-order valence-electron chi connectivity index (χ4n) is 4.90. The number of pyridine rings is 1. The molecule has 0 aliphatic heterocycles. The van der Waals surface area contributed by atoms with Gasteiger partial charge in [-0.25, -0.2) is 4.98 Å². The van der Waals surface area contributed by atoms with Crippen LogP contribution in [0.3, 0.4) is 0 Å². The molecular formula is C25H25F3N6. The molecule has 1 N–H and O–H groups in total. The highest BCUT2D eigenvalue weighted by Gasteiger charge is 2.38. The van der Waals surface area contributed by atoms with E-state index in [4.69, 9.17) is 0 Å². The first-order chi connectivity index (χ1) is 16.3. The molecule has 176 valence electrons. The average molecular weight is 467 g/mol. The van der Waals surface area contributed by atoms with Gasteiger partial charge in [0, 0.05) is 30.4 Å². The van der Waals surface area contributed by atoms with E-state index in [-0.39, 0.29) is 11.3 Å². The maximum Gasteiger partial charge on any atom is 0.437 e. The molecule has 1 aromatic carbocycles. The molecule has 0 bridgehead atoms. The van der Waals surface area contributed by atoms with Crippen molar-refractivity contribution in [1.29, 1.82) is 0 Å². The molecule has 4 aromatic rings. The molecule has 3 heterocycles. The zero-order chi connectivity index (χ0) is 23.9. The van der Waals surface area contributed by atoms with Gasteiger partial charge in [0.2, 0.25) is 0 Å². The molecule has 34 heavy (non-hydrogen) atoms. The first-order valence-electron chi connectivity index (χ1n) is 11.4. The van der Waals surface area contributed by atoms with Crippen LogP contribution in [0.4, 0.5) is 13.2 Å². The van der Waals surface area contributed by atoms with E-state index in [0.717, 1.165) is 25.8 Å². The van der Waals surface area contributed by atoms with E-state index < -0.39 is 11.9 Å². The van der Waals surface area contributed by atoms with Crippen molar-refractivity contribution in [2.45, 2.75) is 57.7 Å². The van der Waals surface area contributed by atoms with Crippen LogP contribution in [0.2, 0.25) is 0 Å². The smallest absolute Gasteiger partial charge is 0.336 e. The van der Waals surface area contributed by atoms with Crippen LogP contribution in [0, 0.1) is 0 Å². The minimum Gasteiger partial charge on any atom is -0.336 e. The number of fused-ring (bicyclic) bond motifs is 1. The summed E-state index contributed by atoms with van der Waals surface area (Å²) in [5, 5.41) is 9.04. The number of aromatic nitrogens is 6. The minimum atomic E-state index is -4.60. The van der Waals surface area contributed by atoms with Crippen molar-refractivity contribution in [2.75, 3.05) is 0 Å². The summed E-state index contributed by atoms with van der Waals surface area (Å²) in [6.45, 7) is 5.27. The van der Waals surface area contributed by atoms with E-state index in [1.54, 1.807) is 12.4 Å². The fourth-order valence-corrected chi connectivity index (χ4v) is 4.90. The lowest BCUT2D eigenvalue weighted by Crippen LogP contribution is -2.16. The van der Waals surface area contributed by atoms with Gasteiger partial charge in [-0.05, 0) is 54.0 Å². The van der Waals surface area contributed by atoms with Crippen molar-refractivity contribution < 1.29 is 13.2 Å². The van der Waals surface area contributed by atoms with Gasteiger partial charge in [-0.1, -0.05) is 32.0 Å². The molecule has 5 rings (SSSR count). The fraction of sp³-hybridized carbons (Fsp3) is 0.360. The number of nitrogens with one attached hydrogen (secondary N) is 1. The molecule has 1 aliphatic rings. The van der Waals surface area contributed by atoms with Gasteiger partial charge >= 0.3 is 6.18 Å². The Morgan fingerprint density at radius 3 is 2.76 bits per heavy atom. The van der Waals surface area contributed by atoms with Crippen LogP contribution in [0.25, 0.3) is 22.6 Å². The van der Waals surface area contributed by atoms with Crippen LogP contribution in [0.5, 0.6) is 0 Å². The lowest BCUT2D eigenvalue weighted by atomic mass is 9.78. The first kappa shape index (κ1) is 22.3. The third-order valence-corrected chi connectivity index (χ3v) is 6.47. The Morgan fingerprint density at radius 1 is 1.12 bits per heavy atom. The summed E-state index contributed by atoms with van der Waals surface area (Å²) in [7, 11) is 0. The second-order valence-corrected chi connectivity index (χ2v) is 9.06. The third-order valence-electron chi connectivity index (χ3n) is 6.47. The summed E-state index contributed by atoms with van der Waals surface area (Å²) in [5.41, 5.74) is 4.39. The number of benzene rings is 1. The van der Waals surface area contributed by atoms with E-state index in [1.165, 1.54) is 29.0 Å². The third kappa shape index (κ3) is 4.22. The molecule has 0 unspecified atom stereocenters. The first-order valence-corrected chi connectivity index (χ1v) is 11.4. The summed E-state index contributed by atoms with van der Waals surface area (Å²) in [6.07, 6.45) is 3.92. The van der Waals surface area contributed by atoms with Crippen molar-refractivity contribution in [2.24, 2.45) is 0 Å². The largest absolute Gasteiger partial charge is 0.437 e. The molecule has 1 atom stereocenters. The topological polar surface area (TPSA) is 72.3 Å². The van der Waals surface area contributed by atoms with E-state index in [1.807, 2.05) is 10.8 Å². The van der Waals surface area contributed by atoms with Crippen LogP contribution >= 0.6 is 0 Å². The second kappa shape index (κ2) is 8.70.